The third-order valence-corrected chi connectivity index (χ3v) is 4.14. The molecule has 0 bridgehead atoms. The van der Waals surface area contributed by atoms with Crippen LogP contribution in [0.5, 0.6) is 5.75 Å². The molecule has 2 aliphatic rings. The first kappa shape index (κ1) is 14.1. The first-order valence-electron chi connectivity index (χ1n) is 7.53. The van der Waals surface area contributed by atoms with Crippen LogP contribution in [0.15, 0.2) is 24.3 Å². The highest BCUT2D eigenvalue weighted by Gasteiger charge is 2.28. The lowest BCUT2D eigenvalue weighted by Crippen LogP contribution is -2.46. The number of benzene rings is 1. The van der Waals surface area contributed by atoms with E-state index in [9.17, 15) is 9.59 Å². The lowest BCUT2D eigenvalue weighted by atomic mass is 9.90. The van der Waals surface area contributed by atoms with Crippen molar-refractivity contribution >= 4 is 11.8 Å². The lowest BCUT2D eigenvalue weighted by Gasteiger charge is -2.25. The second kappa shape index (κ2) is 6.26. The van der Waals surface area contributed by atoms with Crippen molar-refractivity contribution in [1.29, 1.82) is 0 Å². The summed E-state index contributed by atoms with van der Waals surface area (Å²) in [6.45, 7) is 2.09. The molecule has 112 valence electrons. The third-order valence-electron chi connectivity index (χ3n) is 4.14. The maximum absolute atomic E-state index is 11.7. The van der Waals surface area contributed by atoms with Crippen LogP contribution in [0.3, 0.4) is 0 Å². The summed E-state index contributed by atoms with van der Waals surface area (Å²) in [5, 5.41) is 5.68. The molecule has 2 saturated heterocycles. The summed E-state index contributed by atoms with van der Waals surface area (Å²) in [6.07, 6.45) is 2.47. The molecule has 2 fully saturated rings. The van der Waals surface area contributed by atoms with E-state index in [1.807, 2.05) is 18.2 Å². The summed E-state index contributed by atoms with van der Waals surface area (Å²) < 4.78 is 5.77. The van der Waals surface area contributed by atoms with E-state index in [1.54, 1.807) is 0 Å². The zero-order valence-electron chi connectivity index (χ0n) is 11.9. The van der Waals surface area contributed by atoms with Gasteiger partial charge in [0.15, 0.2) is 6.10 Å². The fourth-order valence-corrected chi connectivity index (χ4v) is 2.95. The van der Waals surface area contributed by atoms with Gasteiger partial charge < -0.3 is 10.1 Å². The van der Waals surface area contributed by atoms with Crippen LogP contribution >= 0.6 is 0 Å². The molecule has 2 heterocycles. The van der Waals surface area contributed by atoms with Gasteiger partial charge >= 0.3 is 0 Å². The predicted octanol–water partition coefficient (Wildman–Crippen LogP) is 1.34. The second-order valence-corrected chi connectivity index (χ2v) is 5.65. The van der Waals surface area contributed by atoms with Crippen molar-refractivity contribution in [2.45, 2.75) is 37.7 Å². The van der Waals surface area contributed by atoms with Gasteiger partial charge in [-0.3, -0.25) is 14.9 Å². The molecule has 0 spiro atoms. The van der Waals surface area contributed by atoms with Gasteiger partial charge in [0, 0.05) is 12.8 Å². The van der Waals surface area contributed by atoms with Crippen molar-refractivity contribution in [1.82, 2.24) is 10.6 Å². The van der Waals surface area contributed by atoms with Gasteiger partial charge in [-0.25, -0.2) is 0 Å². The zero-order valence-corrected chi connectivity index (χ0v) is 11.9. The van der Waals surface area contributed by atoms with Crippen molar-refractivity contribution in [3.63, 3.8) is 0 Å². The largest absolute Gasteiger partial charge is 0.481 e. The highest BCUT2D eigenvalue weighted by Crippen LogP contribution is 2.28. The van der Waals surface area contributed by atoms with E-state index in [2.05, 4.69) is 16.7 Å². The maximum Gasteiger partial charge on any atom is 0.267 e. The summed E-state index contributed by atoms with van der Waals surface area (Å²) in [5.74, 6) is 0.707. The highest BCUT2D eigenvalue weighted by atomic mass is 16.5. The minimum absolute atomic E-state index is 0.219. The van der Waals surface area contributed by atoms with E-state index in [-0.39, 0.29) is 11.8 Å². The van der Waals surface area contributed by atoms with Gasteiger partial charge in [0.2, 0.25) is 5.91 Å². The van der Waals surface area contributed by atoms with Gasteiger partial charge in [-0.1, -0.05) is 12.1 Å². The van der Waals surface area contributed by atoms with Gasteiger partial charge in [0.25, 0.3) is 5.91 Å². The van der Waals surface area contributed by atoms with Crippen LogP contribution in [-0.4, -0.2) is 31.0 Å². The Balaban J connectivity index is 1.68. The zero-order chi connectivity index (χ0) is 14.7. The summed E-state index contributed by atoms with van der Waals surface area (Å²) in [4.78, 5) is 22.9. The number of amides is 2. The monoisotopic (exact) mass is 288 g/mol. The molecule has 2 N–H and O–H groups in total. The van der Waals surface area contributed by atoms with Crippen LogP contribution in [-0.2, 0) is 9.59 Å². The van der Waals surface area contributed by atoms with Gasteiger partial charge in [0.05, 0.1) is 0 Å². The summed E-state index contributed by atoms with van der Waals surface area (Å²) >= 11 is 0. The van der Waals surface area contributed by atoms with Crippen LogP contribution in [0.25, 0.3) is 0 Å². The van der Waals surface area contributed by atoms with Crippen LogP contribution in [0.4, 0.5) is 0 Å². The number of hydrogen-bond donors (Lipinski definition) is 2. The Morgan fingerprint density at radius 3 is 2.67 bits per heavy atom. The molecule has 21 heavy (non-hydrogen) atoms. The topological polar surface area (TPSA) is 67.4 Å². The Hall–Kier alpha value is -1.88. The van der Waals surface area contributed by atoms with Crippen LogP contribution in [0.1, 0.15) is 37.2 Å². The molecule has 0 aliphatic carbocycles. The average Bonchev–Trinajstić information content (AvgIpc) is 2.51. The Bertz CT molecular complexity index is 538. The van der Waals surface area contributed by atoms with Crippen molar-refractivity contribution in [3.05, 3.63) is 29.8 Å². The first-order valence-corrected chi connectivity index (χ1v) is 7.53. The van der Waals surface area contributed by atoms with Crippen LogP contribution in [0.2, 0.25) is 0 Å². The van der Waals surface area contributed by atoms with Gasteiger partial charge in [-0.05, 0) is 49.5 Å². The second-order valence-electron chi connectivity index (χ2n) is 5.65. The van der Waals surface area contributed by atoms with Gasteiger partial charge in [-0.2, -0.15) is 0 Å². The fraction of sp³-hybridized carbons (Fsp3) is 0.500. The van der Waals surface area contributed by atoms with E-state index in [0.29, 0.717) is 24.5 Å². The SMILES string of the molecule is O=C1CCC(Oc2cccc(C3CCNCC3)c2)C(=O)N1. The van der Waals surface area contributed by atoms with Crippen LogP contribution in [0, 0.1) is 0 Å². The van der Waals surface area contributed by atoms with Crippen molar-refractivity contribution < 1.29 is 14.3 Å². The number of piperidine rings is 2. The number of carbonyl (C=O) groups excluding carboxylic acids is 2. The molecule has 2 aliphatic heterocycles. The minimum Gasteiger partial charge on any atom is -0.481 e. The Labute approximate surface area is 124 Å². The molecular formula is C16H20N2O3. The molecule has 1 aromatic carbocycles. The van der Waals surface area contributed by atoms with E-state index < -0.39 is 6.10 Å². The van der Waals surface area contributed by atoms with E-state index in [4.69, 9.17) is 4.74 Å². The Morgan fingerprint density at radius 1 is 1.10 bits per heavy atom. The minimum atomic E-state index is -0.564. The lowest BCUT2D eigenvalue weighted by molar-refractivity contribution is -0.138. The molecule has 0 saturated carbocycles. The molecule has 1 aromatic rings. The number of rotatable bonds is 3. The molecular weight excluding hydrogens is 268 g/mol. The molecule has 3 rings (SSSR count). The third kappa shape index (κ3) is 3.42. The fourth-order valence-electron chi connectivity index (χ4n) is 2.95. The van der Waals surface area contributed by atoms with Crippen LogP contribution < -0.4 is 15.4 Å². The molecule has 1 atom stereocenters. The summed E-state index contributed by atoms with van der Waals surface area (Å²) in [6, 6.07) is 7.99. The Kier molecular flexibility index (Phi) is 4.20. The molecule has 1 unspecified atom stereocenters. The number of hydrogen-bond acceptors (Lipinski definition) is 4. The van der Waals surface area contributed by atoms with Crippen molar-refractivity contribution in [3.8, 4) is 5.75 Å². The smallest absolute Gasteiger partial charge is 0.267 e. The maximum atomic E-state index is 11.7. The van der Waals surface area contributed by atoms with E-state index in [1.165, 1.54) is 5.56 Å². The predicted molar refractivity (Wildman–Crippen MR) is 78.1 cm³/mol. The van der Waals surface area contributed by atoms with Crippen molar-refractivity contribution in [2.24, 2.45) is 0 Å². The van der Waals surface area contributed by atoms with Gasteiger partial charge in [-0.15, -0.1) is 0 Å². The van der Waals surface area contributed by atoms with Gasteiger partial charge in [0.1, 0.15) is 5.75 Å². The number of ether oxygens (including phenoxy) is 1. The molecule has 0 aromatic heterocycles. The molecule has 5 heteroatoms. The molecule has 0 radical (unpaired) electrons. The first-order chi connectivity index (χ1) is 10.2. The molecule has 2 amide bonds. The molecule has 5 nitrogen and oxygen atoms in total. The highest BCUT2D eigenvalue weighted by molar-refractivity contribution is 5.99. The normalized spacial score (nSPS) is 23.7. The Morgan fingerprint density at radius 2 is 1.90 bits per heavy atom. The number of carbonyl (C=O) groups is 2. The van der Waals surface area contributed by atoms with Crippen molar-refractivity contribution in [2.75, 3.05) is 13.1 Å². The average molecular weight is 288 g/mol. The number of imide groups is 1. The summed E-state index contributed by atoms with van der Waals surface area (Å²) in [5.41, 5.74) is 1.27. The van der Waals surface area contributed by atoms with E-state index >= 15 is 0 Å². The standard InChI is InChI=1S/C16H20N2O3/c19-15-5-4-14(16(20)18-15)21-13-3-1-2-12(10-13)11-6-8-17-9-7-11/h1-3,10-11,14,17H,4-9H2,(H,18,19,20). The number of nitrogens with one attached hydrogen (secondary N) is 2. The summed E-state index contributed by atoms with van der Waals surface area (Å²) in [7, 11) is 0. The quantitative estimate of drug-likeness (QED) is 0.824. The van der Waals surface area contributed by atoms with E-state index in [0.717, 1.165) is 25.9 Å².